The average Bonchev–Trinajstić information content (AvgIpc) is 2.57. The van der Waals surface area contributed by atoms with Crippen LogP contribution in [0.3, 0.4) is 0 Å². The molecule has 0 amide bonds. The minimum Gasteiger partial charge on any atom is -0.305 e. The zero-order valence-corrected chi connectivity index (χ0v) is 14.1. The molecule has 2 aromatic carbocycles. The first-order valence-corrected chi connectivity index (χ1v) is 7.91. The molecule has 122 valence electrons. The third kappa shape index (κ3) is 2.95. The predicted octanol–water partition coefficient (Wildman–Crippen LogP) is 2.97. The molecule has 0 aliphatic rings. The number of rotatable bonds is 3. The van der Waals surface area contributed by atoms with Crippen LogP contribution in [0.1, 0.15) is 22.3 Å². The Morgan fingerprint density at radius 1 is 0.792 bits per heavy atom. The number of benzene rings is 2. The monoisotopic (exact) mass is 320 g/mol. The van der Waals surface area contributed by atoms with Crippen molar-refractivity contribution < 1.29 is 0 Å². The summed E-state index contributed by atoms with van der Waals surface area (Å²) in [7, 11) is 0. The maximum Gasteiger partial charge on any atom is 0.320 e. The fourth-order valence-corrected chi connectivity index (χ4v) is 2.68. The van der Waals surface area contributed by atoms with E-state index in [-0.39, 0.29) is 0 Å². The summed E-state index contributed by atoms with van der Waals surface area (Å²) >= 11 is 0. The van der Waals surface area contributed by atoms with Gasteiger partial charge in [0, 0.05) is 18.1 Å². The lowest BCUT2D eigenvalue weighted by Gasteiger charge is -2.11. The van der Waals surface area contributed by atoms with E-state index in [0.717, 1.165) is 22.3 Å². The van der Waals surface area contributed by atoms with E-state index in [2.05, 4.69) is 0 Å². The van der Waals surface area contributed by atoms with Gasteiger partial charge in [-0.1, -0.05) is 30.3 Å². The Morgan fingerprint density at radius 3 is 2.25 bits per heavy atom. The van der Waals surface area contributed by atoms with Gasteiger partial charge in [0.2, 0.25) is 0 Å². The molecule has 1 aromatic heterocycles. The maximum atomic E-state index is 12.5. The van der Waals surface area contributed by atoms with E-state index in [1.807, 2.05) is 63.2 Å². The molecule has 3 rings (SSSR count). The van der Waals surface area contributed by atoms with E-state index in [1.54, 1.807) is 12.4 Å². The molecule has 0 spiro atoms. The highest BCUT2D eigenvalue weighted by molar-refractivity contribution is 5.39. The second kappa shape index (κ2) is 6.32. The number of hydrogen-bond donors (Lipinski definition) is 0. The first-order valence-electron chi connectivity index (χ1n) is 7.91. The van der Waals surface area contributed by atoms with Crippen molar-refractivity contribution in [3.8, 4) is 5.69 Å². The molecule has 0 aliphatic heterocycles. The van der Waals surface area contributed by atoms with Crippen LogP contribution in [0.2, 0.25) is 0 Å². The van der Waals surface area contributed by atoms with Gasteiger partial charge in [0.1, 0.15) is 0 Å². The number of hydrogen-bond acceptors (Lipinski definition) is 2. The predicted molar refractivity (Wildman–Crippen MR) is 96.1 cm³/mol. The van der Waals surface area contributed by atoms with Crippen LogP contribution >= 0.6 is 0 Å². The number of aromatic nitrogens is 2. The molecular formula is C20H20N2O2. The first-order chi connectivity index (χ1) is 11.5. The Labute approximate surface area is 140 Å². The zero-order chi connectivity index (χ0) is 17.3. The third-order valence-corrected chi connectivity index (χ3v) is 4.43. The van der Waals surface area contributed by atoms with Crippen LogP contribution < -0.4 is 11.1 Å². The molecule has 0 bridgehead atoms. The smallest absolute Gasteiger partial charge is 0.305 e. The molecule has 4 heteroatoms. The van der Waals surface area contributed by atoms with Crippen molar-refractivity contribution in [3.63, 3.8) is 0 Å². The van der Waals surface area contributed by atoms with Crippen molar-refractivity contribution in [2.75, 3.05) is 0 Å². The normalized spacial score (nSPS) is 10.8. The molecule has 0 N–H and O–H groups in total. The molecule has 0 unspecified atom stereocenters. The van der Waals surface area contributed by atoms with Crippen LogP contribution in [0.15, 0.2) is 64.4 Å². The van der Waals surface area contributed by atoms with Gasteiger partial charge in [-0.25, -0.2) is 0 Å². The lowest BCUT2D eigenvalue weighted by atomic mass is 10.1. The largest absolute Gasteiger partial charge is 0.320 e. The van der Waals surface area contributed by atoms with Crippen LogP contribution in [-0.4, -0.2) is 9.13 Å². The Kier molecular flexibility index (Phi) is 4.21. The van der Waals surface area contributed by atoms with E-state index < -0.39 is 11.1 Å². The lowest BCUT2D eigenvalue weighted by Crippen LogP contribution is -2.40. The highest BCUT2D eigenvalue weighted by atomic mass is 16.2. The Morgan fingerprint density at radius 2 is 1.54 bits per heavy atom. The molecule has 0 saturated carbocycles. The topological polar surface area (TPSA) is 44.0 Å². The quantitative estimate of drug-likeness (QED) is 0.696. The molecule has 0 atom stereocenters. The van der Waals surface area contributed by atoms with E-state index in [4.69, 9.17) is 0 Å². The summed E-state index contributed by atoms with van der Waals surface area (Å²) in [6, 6.07) is 13.6. The van der Waals surface area contributed by atoms with Gasteiger partial charge in [0.25, 0.3) is 0 Å². The van der Waals surface area contributed by atoms with Gasteiger partial charge in [0.05, 0.1) is 6.54 Å². The molecule has 0 saturated heterocycles. The Balaban J connectivity index is 2.03. The van der Waals surface area contributed by atoms with Crippen molar-refractivity contribution in [3.05, 3.63) is 97.8 Å². The van der Waals surface area contributed by atoms with Crippen molar-refractivity contribution in [1.29, 1.82) is 0 Å². The highest BCUT2D eigenvalue weighted by Gasteiger charge is 2.08. The second-order valence-corrected chi connectivity index (χ2v) is 6.10. The third-order valence-electron chi connectivity index (χ3n) is 4.43. The molecule has 0 fully saturated rings. The zero-order valence-electron chi connectivity index (χ0n) is 14.1. The van der Waals surface area contributed by atoms with E-state index >= 15 is 0 Å². The molecule has 1 heterocycles. The number of aryl methyl sites for hydroxylation is 3. The van der Waals surface area contributed by atoms with Gasteiger partial charge in [-0.2, -0.15) is 0 Å². The standard InChI is InChI=1S/C20H20N2O2/c1-14-8-9-18(12-16(14)3)22-11-10-21(19(23)20(22)24)13-17-7-5-4-6-15(17)2/h4-12H,13H2,1-3H3. The van der Waals surface area contributed by atoms with Gasteiger partial charge >= 0.3 is 11.1 Å². The summed E-state index contributed by atoms with van der Waals surface area (Å²) in [6.07, 6.45) is 3.33. The van der Waals surface area contributed by atoms with Gasteiger partial charge in [-0.3, -0.25) is 14.2 Å². The van der Waals surface area contributed by atoms with Gasteiger partial charge in [-0.05, 0) is 55.2 Å². The number of nitrogens with zero attached hydrogens (tertiary/aromatic N) is 2. The summed E-state index contributed by atoms with van der Waals surface area (Å²) in [5.41, 5.74) is 4.03. The Hall–Kier alpha value is -2.88. The highest BCUT2D eigenvalue weighted by Crippen LogP contribution is 2.12. The Bertz CT molecular complexity index is 1010. The van der Waals surface area contributed by atoms with Crippen LogP contribution in [0.25, 0.3) is 5.69 Å². The summed E-state index contributed by atoms with van der Waals surface area (Å²) in [5, 5.41) is 0. The van der Waals surface area contributed by atoms with Crippen molar-refractivity contribution in [1.82, 2.24) is 9.13 Å². The lowest BCUT2D eigenvalue weighted by molar-refractivity contribution is 0.715. The minimum absolute atomic E-state index is 0.397. The van der Waals surface area contributed by atoms with Gasteiger partial charge < -0.3 is 4.57 Å². The molecule has 3 aromatic rings. The van der Waals surface area contributed by atoms with Crippen molar-refractivity contribution in [2.24, 2.45) is 0 Å². The summed E-state index contributed by atoms with van der Waals surface area (Å²) < 4.78 is 2.87. The second-order valence-electron chi connectivity index (χ2n) is 6.10. The van der Waals surface area contributed by atoms with E-state index in [9.17, 15) is 9.59 Å². The van der Waals surface area contributed by atoms with Gasteiger partial charge in [-0.15, -0.1) is 0 Å². The minimum atomic E-state index is -0.533. The van der Waals surface area contributed by atoms with E-state index in [0.29, 0.717) is 12.2 Å². The summed E-state index contributed by atoms with van der Waals surface area (Å²) in [5.74, 6) is 0. The van der Waals surface area contributed by atoms with E-state index in [1.165, 1.54) is 9.13 Å². The fourth-order valence-electron chi connectivity index (χ4n) is 2.68. The van der Waals surface area contributed by atoms with Crippen LogP contribution in [0, 0.1) is 20.8 Å². The molecule has 0 aliphatic carbocycles. The molecular weight excluding hydrogens is 300 g/mol. The summed E-state index contributed by atoms with van der Waals surface area (Å²) in [4.78, 5) is 25.0. The van der Waals surface area contributed by atoms with Crippen molar-refractivity contribution in [2.45, 2.75) is 27.3 Å². The average molecular weight is 320 g/mol. The van der Waals surface area contributed by atoms with Crippen molar-refractivity contribution >= 4 is 0 Å². The molecule has 24 heavy (non-hydrogen) atoms. The van der Waals surface area contributed by atoms with Crippen LogP contribution in [0.4, 0.5) is 0 Å². The van der Waals surface area contributed by atoms with Gasteiger partial charge in [0.15, 0.2) is 0 Å². The molecule has 0 radical (unpaired) electrons. The fraction of sp³-hybridized carbons (Fsp3) is 0.200. The SMILES string of the molecule is Cc1ccc(-n2ccn(Cc3ccccc3C)c(=O)c2=O)cc1C. The first kappa shape index (κ1) is 16.0. The molecule has 4 nitrogen and oxygen atoms in total. The van der Waals surface area contributed by atoms with Crippen LogP contribution in [0.5, 0.6) is 0 Å². The van der Waals surface area contributed by atoms with Crippen LogP contribution in [-0.2, 0) is 6.54 Å². The summed E-state index contributed by atoms with van der Waals surface area (Å²) in [6.45, 7) is 6.40. The maximum absolute atomic E-state index is 12.5.